The molecule has 0 aliphatic carbocycles. The van der Waals surface area contributed by atoms with Crippen LogP contribution in [-0.4, -0.2) is 41.4 Å². The van der Waals surface area contributed by atoms with Gasteiger partial charge in [-0.15, -0.1) is 0 Å². The van der Waals surface area contributed by atoms with Gasteiger partial charge in [-0.05, 0) is 43.3 Å². The van der Waals surface area contributed by atoms with E-state index in [0.717, 1.165) is 4.31 Å². The zero-order valence-electron chi connectivity index (χ0n) is 19.6. The summed E-state index contributed by atoms with van der Waals surface area (Å²) in [5, 5.41) is 3.86. The summed E-state index contributed by atoms with van der Waals surface area (Å²) in [6, 6.07) is 21.7. The summed E-state index contributed by atoms with van der Waals surface area (Å²) in [6.45, 7) is 0.965. The first-order chi connectivity index (χ1) is 17.3. The molecule has 2 aromatic carbocycles. The Labute approximate surface area is 208 Å². The van der Waals surface area contributed by atoms with E-state index in [-0.39, 0.29) is 10.6 Å². The summed E-state index contributed by atoms with van der Waals surface area (Å²) >= 11 is 0. The van der Waals surface area contributed by atoms with Crippen LogP contribution < -0.4 is 15.3 Å². The smallest absolute Gasteiger partial charge is 0.283 e. The van der Waals surface area contributed by atoms with Crippen molar-refractivity contribution in [2.75, 3.05) is 10.8 Å². The summed E-state index contributed by atoms with van der Waals surface area (Å²) in [5.74, 6) is -0.726. The molecule has 0 saturated carbocycles. The summed E-state index contributed by atoms with van der Waals surface area (Å²) in [7, 11) is -2.62. The van der Waals surface area contributed by atoms with Crippen LogP contribution in [0.5, 0.6) is 0 Å². The highest BCUT2D eigenvalue weighted by molar-refractivity contribution is 7.92. The highest BCUT2D eigenvalue weighted by atomic mass is 32.2. The lowest BCUT2D eigenvalue weighted by Crippen LogP contribution is -2.42. The number of carbonyl (C=O) groups excluding carboxylic acids is 1. The number of pyridine rings is 1. The van der Waals surface area contributed by atoms with Crippen LogP contribution in [0.1, 0.15) is 11.4 Å². The Kier molecular flexibility index (Phi) is 7.11. The fraction of sp³-hybridized carbons (Fsp3) is 0.120. The van der Waals surface area contributed by atoms with E-state index in [2.05, 4.69) is 15.5 Å². The number of amides is 1. The minimum atomic E-state index is -4.28. The second kappa shape index (κ2) is 10.4. The summed E-state index contributed by atoms with van der Waals surface area (Å²) in [5.41, 5.74) is 3.04. The molecule has 2 aromatic heterocycles. The zero-order chi connectivity index (χ0) is 25.7. The minimum absolute atomic E-state index is 0.0521. The van der Waals surface area contributed by atoms with Gasteiger partial charge < -0.3 is 0 Å². The number of carbonyl (C=O) groups is 1. The van der Waals surface area contributed by atoms with Crippen LogP contribution in [0, 0.1) is 6.92 Å². The molecule has 0 bridgehead atoms. The number of hydrogen-bond acceptors (Lipinski definition) is 6. The van der Waals surface area contributed by atoms with Crippen molar-refractivity contribution in [3.63, 3.8) is 0 Å². The first-order valence-electron chi connectivity index (χ1n) is 11.0. The standard InChI is InChI=1S/C25H24N6O4S/c1-19-24(25(33)31(29(19)2)21-12-5-3-6-13-21)30(36(34,35)22-14-7-4-8-15-22)18-23(32)28-27-17-20-11-9-10-16-26-20/h3-17H,18H2,1-2H3,(H,28,32)/b27-17-. The maximum absolute atomic E-state index is 13.7. The van der Waals surface area contributed by atoms with Gasteiger partial charge in [0.15, 0.2) is 0 Å². The number of rotatable bonds is 8. The Hall–Kier alpha value is -4.51. The third-order valence-corrected chi connectivity index (χ3v) is 7.23. The van der Waals surface area contributed by atoms with Crippen molar-refractivity contribution in [3.8, 4) is 5.69 Å². The number of nitrogens with one attached hydrogen (secondary N) is 1. The average Bonchev–Trinajstić information content (AvgIpc) is 3.11. The number of anilines is 1. The first kappa shape index (κ1) is 24.6. The molecule has 0 fully saturated rings. The second-order valence-electron chi connectivity index (χ2n) is 7.78. The Morgan fingerprint density at radius 3 is 2.31 bits per heavy atom. The van der Waals surface area contributed by atoms with E-state index in [9.17, 15) is 18.0 Å². The summed E-state index contributed by atoms with van der Waals surface area (Å²) in [4.78, 5) is 30.4. The van der Waals surface area contributed by atoms with E-state index in [1.54, 1.807) is 85.5 Å². The van der Waals surface area contributed by atoms with Crippen LogP contribution in [0.25, 0.3) is 5.69 Å². The summed E-state index contributed by atoms with van der Waals surface area (Å²) in [6.07, 6.45) is 2.91. The number of hydrazone groups is 1. The van der Waals surface area contributed by atoms with Gasteiger partial charge in [-0.3, -0.25) is 19.3 Å². The van der Waals surface area contributed by atoms with Crippen molar-refractivity contribution in [1.82, 2.24) is 19.8 Å². The van der Waals surface area contributed by atoms with Gasteiger partial charge in [-0.25, -0.2) is 22.8 Å². The van der Waals surface area contributed by atoms with Crippen molar-refractivity contribution in [1.29, 1.82) is 0 Å². The molecule has 36 heavy (non-hydrogen) atoms. The Morgan fingerprint density at radius 2 is 1.67 bits per heavy atom. The van der Waals surface area contributed by atoms with Crippen molar-refractivity contribution in [3.05, 3.63) is 107 Å². The van der Waals surface area contributed by atoms with Gasteiger partial charge in [0.05, 0.1) is 28.2 Å². The van der Waals surface area contributed by atoms with E-state index in [1.165, 1.54) is 23.0 Å². The molecule has 0 saturated heterocycles. The van der Waals surface area contributed by atoms with Crippen molar-refractivity contribution in [2.45, 2.75) is 11.8 Å². The molecule has 11 heteroatoms. The fourth-order valence-electron chi connectivity index (χ4n) is 3.63. The molecule has 0 spiro atoms. The van der Waals surface area contributed by atoms with Crippen LogP contribution in [0.4, 0.5) is 5.69 Å². The van der Waals surface area contributed by atoms with Crippen LogP contribution >= 0.6 is 0 Å². The van der Waals surface area contributed by atoms with Gasteiger partial charge in [-0.2, -0.15) is 5.10 Å². The predicted molar refractivity (Wildman–Crippen MR) is 137 cm³/mol. The molecule has 0 aliphatic heterocycles. The molecule has 1 amide bonds. The van der Waals surface area contributed by atoms with Crippen molar-refractivity contribution < 1.29 is 13.2 Å². The van der Waals surface area contributed by atoms with Crippen LogP contribution in [0.3, 0.4) is 0 Å². The average molecular weight is 505 g/mol. The molecule has 0 atom stereocenters. The molecule has 0 aliphatic rings. The number of nitrogens with zero attached hydrogens (tertiary/aromatic N) is 5. The van der Waals surface area contributed by atoms with Gasteiger partial charge in [0.2, 0.25) is 0 Å². The lowest BCUT2D eigenvalue weighted by molar-refractivity contribution is -0.119. The third-order valence-electron chi connectivity index (χ3n) is 5.47. The van der Waals surface area contributed by atoms with Gasteiger partial charge >= 0.3 is 0 Å². The van der Waals surface area contributed by atoms with Crippen molar-refractivity contribution >= 4 is 27.8 Å². The Balaban J connectivity index is 1.75. The number of aromatic nitrogens is 3. The quantitative estimate of drug-likeness (QED) is 0.292. The SMILES string of the molecule is Cc1c(N(CC(=O)N/N=C\c2ccccn2)S(=O)(=O)c2ccccc2)c(=O)n(-c2ccccc2)n1C. The van der Waals surface area contributed by atoms with E-state index in [1.807, 2.05) is 6.07 Å². The molecule has 184 valence electrons. The molecule has 1 N–H and O–H groups in total. The zero-order valence-corrected chi connectivity index (χ0v) is 20.5. The monoisotopic (exact) mass is 504 g/mol. The van der Waals surface area contributed by atoms with Gasteiger partial charge in [0.25, 0.3) is 21.5 Å². The lowest BCUT2D eigenvalue weighted by Gasteiger charge is -2.22. The normalized spacial score (nSPS) is 11.5. The number of sulfonamides is 1. The van der Waals surface area contributed by atoms with E-state index < -0.39 is 28.0 Å². The van der Waals surface area contributed by atoms with Gasteiger partial charge in [0, 0.05) is 13.2 Å². The van der Waals surface area contributed by atoms with Crippen LogP contribution in [0.15, 0.2) is 99.9 Å². The Morgan fingerprint density at radius 1 is 1.03 bits per heavy atom. The largest absolute Gasteiger partial charge is 0.296 e. The molecule has 10 nitrogen and oxygen atoms in total. The van der Waals surface area contributed by atoms with Gasteiger partial charge in [-0.1, -0.05) is 42.5 Å². The highest BCUT2D eigenvalue weighted by Gasteiger charge is 2.33. The molecule has 4 aromatic rings. The molecule has 4 rings (SSSR count). The van der Waals surface area contributed by atoms with Crippen LogP contribution in [0.2, 0.25) is 0 Å². The molecule has 2 heterocycles. The van der Waals surface area contributed by atoms with E-state index >= 15 is 0 Å². The number of benzene rings is 2. The number of para-hydroxylation sites is 1. The predicted octanol–water partition coefficient (Wildman–Crippen LogP) is 2.23. The summed E-state index contributed by atoms with van der Waals surface area (Å²) < 4.78 is 31.1. The lowest BCUT2D eigenvalue weighted by atomic mass is 10.3. The first-order valence-corrected chi connectivity index (χ1v) is 12.4. The van der Waals surface area contributed by atoms with E-state index in [4.69, 9.17) is 0 Å². The third kappa shape index (κ3) is 4.96. The van der Waals surface area contributed by atoms with Gasteiger partial charge in [0.1, 0.15) is 12.2 Å². The number of hydrogen-bond donors (Lipinski definition) is 1. The molecule has 0 unspecified atom stereocenters. The molecular weight excluding hydrogens is 480 g/mol. The molecular formula is C25H24N6O4S. The Bertz CT molecular complexity index is 1550. The van der Waals surface area contributed by atoms with Crippen LogP contribution in [-0.2, 0) is 21.9 Å². The maximum Gasteiger partial charge on any atom is 0.296 e. The van der Waals surface area contributed by atoms with Crippen molar-refractivity contribution in [2.24, 2.45) is 12.1 Å². The maximum atomic E-state index is 13.7. The second-order valence-corrected chi connectivity index (χ2v) is 9.64. The topological polar surface area (TPSA) is 119 Å². The fourth-order valence-corrected chi connectivity index (χ4v) is 5.13. The van der Waals surface area contributed by atoms with E-state index in [0.29, 0.717) is 17.1 Å². The molecule has 0 radical (unpaired) electrons. The highest BCUT2D eigenvalue weighted by Crippen LogP contribution is 2.25. The minimum Gasteiger partial charge on any atom is -0.283 e.